The fourth-order valence-electron chi connectivity index (χ4n) is 2.66. The Labute approximate surface area is 134 Å². The summed E-state index contributed by atoms with van der Waals surface area (Å²) in [6.45, 7) is 2.48. The average molecular weight is 308 g/mol. The van der Waals surface area contributed by atoms with Crippen molar-refractivity contribution >= 4 is 29.0 Å². The van der Waals surface area contributed by atoms with Crippen LogP contribution in [0.25, 0.3) is 0 Å². The summed E-state index contributed by atoms with van der Waals surface area (Å²) in [5, 5.41) is 0. The van der Waals surface area contributed by atoms with Gasteiger partial charge in [0.25, 0.3) is 5.91 Å². The zero-order valence-corrected chi connectivity index (χ0v) is 12.9. The lowest BCUT2D eigenvalue weighted by Crippen LogP contribution is -2.29. The summed E-state index contributed by atoms with van der Waals surface area (Å²) in [5.41, 5.74) is 2.73. The van der Waals surface area contributed by atoms with Gasteiger partial charge in [0.05, 0.1) is 24.0 Å². The number of rotatable bonds is 3. The number of likely N-dealkylation sites (N-methyl/N-ethyl adjacent to an activating group) is 1. The highest BCUT2D eigenvalue weighted by molar-refractivity contribution is 6.54. The molecule has 1 aliphatic heterocycles. The Hall–Kier alpha value is -2.95. The summed E-state index contributed by atoms with van der Waals surface area (Å²) in [4.78, 5) is 30.6. The molecule has 0 fully saturated rings. The summed E-state index contributed by atoms with van der Waals surface area (Å²) in [6.07, 6.45) is 0. The van der Waals surface area contributed by atoms with Crippen LogP contribution in [0.3, 0.4) is 0 Å². The van der Waals surface area contributed by atoms with Crippen LogP contribution in [0.1, 0.15) is 22.8 Å². The molecule has 0 saturated carbocycles. The minimum atomic E-state index is -0.476. The van der Waals surface area contributed by atoms with Crippen molar-refractivity contribution < 1.29 is 14.3 Å². The topological polar surface area (TPSA) is 59.0 Å². The quantitative estimate of drug-likeness (QED) is 0.819. The number of methoxy groups -OCH3 is 1. The number of aliphatic imine (C=N–C) groups is 1. The molecular weight excluding hydrogens is 292 g/mol. The number of hydrogen-bond acceptors (Lipinski definition) is 4. The second-order valence-corrected chi connectivity index (χ2v) is 5.04. The summed E-state index contributed by atoms with van der Waals surface area (Å²) >= 11 is 0. The number of benzene rings is 2. The predicted molar refractivity (Wildman–Crippen MR) is 88.4 cm³/mol. The van der Waals surface area contributed by atoms with E-state index < -0.39 is 5.97 Å². The molecule has 0 aromatic heterocycles. The van der Waals surface area contributed by atoms with Crippen LogP contribution in [-0.4, -0.2) is 31.2 Å². The van der Waals surface area contributed by atoms with Crippen molar-refractivity contribution in [2.75, 3.05) is 18.6 Å². The van der Waals surface area contributed by atoms with Crippen molar-refractivity contribution in [3.63, 3.8) is 0 Å². The van der Waals surface area contributed by atoms with E-state index in [1.807, 2.05) is 31.2 Å². The van der Waals surface area contributed by atoms with Gasteiger partial charge in [-0.1, -0.05) is 30.3 Å². The standard InChI is InChI=1S/C18H16N2O3/c1-3-20-15-11-7-5-9-13(15)16(17(20)21)19-14-10-6-4-8-12(14)18(22)23-2/h4-11H,3H2,1-2H3. The zero-order chi connectivity index (χ0) is 16.4. The molecule has 0 aliphatic carbocycles. The molecule has 2 aromatic rings. The van der Waals surface area contributed by atoms with E-state index in [0.29, 0.717) is 23.5 Å². The van der Waals surface area contributed by atoms with Crippen LogP contribution in [0.5, 0.6) is 0 Å². The van der Waals surface area contributed by atoms with E-state index in [-0.39, 0.29) is 5.91 Å². The number of fused-ring (bicyclic) bond motifs is 1. The van der Waals surface area contributed by atoms with Gasteiger partial charge >= 0.3 is 5.97 Å². The molecule has 0 atom stereocenters. The maximum Gasteiger partial charge on any atom is 0.340 e. The molecular formula is C18H16N2O3. The number of ether oxygens (including phenoxy) is 1. The lowest BCUT2D eigenvalue weighted by atomic mass is 10.1. The Balaban J connectivity index is 2.14. The molecule has 0 unspecified atom stereocenters. The molecule has 2 aromatic carbocycles. The normalized spacial score (nSPS) is 15.0. The number of nitrogens with zero attached hydrogens (tertiary/aromatic N) is 2. The van der Waals surface area contributed by atoms with E-state index in [2.05, 4.69) is 4.99 Å². The summed E-state index contributed by atoms with van der Waals surface area (Å²) in [5.74, 6) is -0.635. The highest BCUT2D eigenvalue weighted by atomic mass is 16.5. The minimum Gasteiger partial charge on any atom is -0.465 e. The van der Waals surface area contributed by atoms with Crippen LogP contribution in [0, 0.1) is 0 Å². The third-order valence-electron chi connectivity index (χ3n) is 3.76. The molecule has 0 saturated heterocycles. The molecule has 1 heterocycles. The van der Waals surface area contributed by atoms with Crippen LogP contribution in [0.15, 0.2) is 53.5 Å². The number of para-hydroxylation sites is 2. The van der Waals surface area contributed by atoms with E-state index in [1.165, 1.54) is 7.11 Å². The second kappa shape index (κ2) is 6.04. The fourth-order valence-corrected chi connectivity index (χ4v) is 2.66. The summed E-state index contributed by atoms with van der Waals surface area (Å²) in [6, 6.07) is 14.4. The van der Waals surface area contributed by atoms with Gasteiger partial charge in [-0.05, 0) is 25.1 Å². The SMILES string of the molecule is CCN1C(=O)C(=Nc2ccccc2C(=O)OC)c2ccccc21. The van der Waals surface area contributed by atoms with Crippen molar-refractivity contribution in [3.8, 4) is 0 Å². The van der Waals surface area contributed by atoms with Crippen LogP contribution >= 0.6 is 0 Å². The molecule has 0 bridgehead atoms. The number of esters is 1. The van der Waals surface area contributed by atoms with Crippen molar-refractivity contribution in [2.45, 2.75) is 6.92 Å². The minimum absolute atomic E-state index is 0.159. The first kappa shape index (κ1) is 15.0. The predicted octanol–water partition coefficient (Wildman–Crippen LogP) is 2.96. The monoisotopic (exact) mass is 308 g/mol. The van der Waals surface area contributed by atoms with E-state index in [4.69, 9.17) is 4.74 Å². The third-order valence-corrected chi connectivity index (χ3v) is 3.76. The Morgan fingerprint density at radius 2 is 1.83 bits per heavy atom. The molecule has 116 valence electrons. The first-order valence-corrected chi connectivity index (χ1v) is 7.34. The molecule has 1 aliphatic rings. The molecule has 23 heavy (non-hydrogen) atoms. The molecule has 5 nitrogen and oxygen atoms in total. The van der Waals surface area contributed by atoms with Crippen LogP contribution in [0.2, 0.25) is 0 Å². The number of carbonyl (C=O) groups excluding carboxylic acids is 2. The van der Waals surface area contributed by atoms with Crippen LogP contribution in [0.4, 0.5) is 11.4 Å². The van der Waals surface area contributed by atoms with Gasteiger partial charge in [0.15, 0.2) is 0 Å². The van der Waals surface area contributed by atoms with Gasteiger partial charge in [-0.15, -0.1) is 0 Å². The van der Waals surface area contributed by atoms with E-state index in [0.717, 1.165) is 11.3 Å². The van der Waals surface area contributed by atoms with Gasteiger partial charge in [0.2, 0.25) is 0 Å². The molecule has 0 spiro atoms. The first-order chi connectivity index (χ1) is 11.2. The molecule has 0 radical (unpaired) electrons. The lowest BCUT2D eigenvalue weighted by Gasteiger charge is -2.13. The largest absolute Gasteiger partial charge is 0.465 e. The molecule has 1 amide bonds. The number of hydrogen-bond donors (Lipinski definition) is 0. The van der Waals surface area contributed by atoms with Crippen molar-refractivity contribution in [3.05, 3.63) is 59.7 Å². The van der Waals surface area contributed by atoms with Crippen molar-refractivity contribution in [1.29, 1.82) is 0 Å². The summed E-state index contributed by atoms with van der Waals surface area (Å²) in [7, 11) is 1.32. The maximum atomic E-state index is 12.6. The molecule has 5 heteroatoms. The van der Waals surface area contributed by atoms with Gasteiger partial charge in [-0.25, -0.2) is 9.79 Å². The van der Waals surface area contributed by atoms with Gasteiger partial charge in [0.1, 0.15) is 5.71 Å². The fraction of sp³-hybridized carbons (Fsp3) is 0.167. The van der Waals surface area contributed by atoms with E-state index >= 15 is 0 Å². The summed E-state index contributed by atoms with van der Waals surface area (Å²) < 4.78 is 4.78. The zero-order valence-electron chi connectivity index (χ0n) is 12.9. The number of anilines is 1. The molecule has 0 N–H and O–H groups in total. The highest BCUT2D eigenvalue weighted by Crippen LogP contribution is 2.31. The van der Waals surface area contributed by atoms with Gasteiger partial charge in [0, 0.05) is 12.1 Å². The Morgan fingerprint density at radius 1 is 1.13 bits per heavy atom. The van der Waals surface area contributed by atoms with Crippen molar-refractivity contribution in [2.24, 2.45) is 4.99 Å². The van der Waals surface area contributed by atoms with Crippen LogP contribution in [-0.2, 0) is 9.53 Å². The first-order valence-electron chi connectivity index (χ1n) is 7.34. The number of amides is 1. The smallest absolute Gasteiger partial charge is 0.340 e. The maximum absolute atomic E-state index is 12.6. The van der Waals surface area contributed by atoms with Gasteiger partial charge in [-0.3, -0.25) is 4.79 Å². The van der Waals surface area contributed by atoms with Gasteiger partial charge in [-0.2, -0.15) is 0 Å². The second-order valence-electron chi connectivity index (χ2n) is 5.04. The average Bonchev–Trinajstić information content (AvgIpc) is 2.86. The lowest BCUT2D eigenvalue weighted by molar-refractivity contribution is -0.112. The van der Waals surface area contributed by atoms with Crippen LogP contribution < -0.4 is 4.90 Å². The Kier molecular flexibility index (Phi) is 3.93. The Morgan fingerprint density at radius 3 is 2.57 bits per heavy atom. The third kappa shape index (κ3) is 2.50. The number of carbonyl (C=O) groups is 2. The highest BCUT2D eigenvalue weighted by Gasteiger charge is 2.32. The van der Waals surface area contributed by atoms with Gasteiger partial charge < -0.3 is 9.64 Å². The molecule has 3 rings (SSSR count). The Bertz CT molecular complexity index is 811. The van der Waals surface area contributed by atoms with E-state index in [9.17, 15) is 9.59 Å². The van der Waals surface area contributed by atoms with Crippen molar-refractivity contribution in [1.82, 2.24) is 0 Å². The van der Waals surface area contributed by atoms with E-state index in [1.54, 1.807) is 29.2 Å².